The van der Waals surface area contributed by atoms with Gasteiger partial charge in [0.1, 0.15) is 17.7 Å². The van der Waals surface area contributed by atoms with Crippen molar-refractivity contribution in [1.82, 2.24) is 9.80 Å². The van der Waals surface area contributed by atoms with Crippen LogP contribution < -0.4 is 0 Å². The number of benzene rings is 2. The molecule has 1 N–H and O–H groups in total. The van der Waals surface area contributed by atoms with Gasteiger partial charge < -0.3 is 10.0 Å². The summed E-state index contributed by atoms with van der Waals surface area (Å²) in [6.45, 7) is 3.47. The van der Waals surface area contributed by atoms with Crippen LogP contribution in [0.25, 0.3) is 0 Å². The summed E-state index contributed by atoms with van der Waals surface area (Å²) in [6.07, 6.45) is 0.272. The number of phenols is 1. The van der Waals surface area contributed by atoms with Gasteiger partial charge in [-0.15, -0.1) is 0 Å². The lowest BCUT2D eigenvalue weighted by Gasteiger charge is -2.38. The molecule has 154 valence electrons. The van der Waals surface area contributed by atoms with Gasteiger partial charge in [0.2, 0.25) is 5.91 Å². The van der Waals surface area contributed by atoms with Crippen LogP contribution >= 0.6 is 0 Å². The number of phenolic OH excluding ortho intramolecular Hbond substituents is 1. The highest BCUT2D eigenvalue weighted by Crippen LogP contribution is 2.35. The molecule has 2 fully saturated rings. The van der Waals surface area contributed by atoms with E-state index in [-0.39, 0.29) is 42.0 Å². The summed E-state index contributed by atoms with van der Waals surface area (Å²) < 4.78 is 28.1. The number of alkyl halides is 1. The van der Waals surface area contributed by atoms with Crippen molar-refractivity contribution >= 4 is 5.91 Å². The van der Waals surface area contributed by atoms with Crippen LogP contribution in [-0.4, -0.2) is 52.7 Å². The number of hydrogen-bond acceptors (Lipinski definition) is 3. The average Bonchev–Trinajstić information content (AvgIpc) is 3.10. The summed E-state index contributed by atoms with van der Waals surface area (Å²) in [4.78, 5) is 16.8. The quantitative estimate of drug-likeness (QED) is 0.843. The first kappa shape index (κ1) is 19.8. The van der Waals surface area contributed by atoms with Crippen molar-refractivity contribution in [2.45, 2.75) is 43.9 Å². The number of likely N-dealkylation sites (tertiary alicyclic amines) is 2. The fourth-order valence-electron chi connectivity index (χ4n) is 4.64. The number of carbonyl (C=O) groups excluding carboxylic acids is 1. The van der Waals surface area contributed by atoms with Crippen LogP contribution in [0.3, 0.4) is 0 Å². The molecule has 0 radical (unpaired) electrons. The van der Waals surface area contributed by atoms with Gasteiger partial charge in [0, 0.05) is 19.0 Å². The molecule has 4 atom stereocenters. The van der Waals surface area contributed by atoms with E-state index in [0.29, 0.717) is 25.9 Å². The third-order valence-corrected chi connectivity index (χ3v) is 6.37. The largest absolute Gasteiger partial charge is 0.508 e. The lowest BCUT2D eigenvalue weighted by molar-refractivity contribution is -0.134. The van der Waals surface area contributed by atoms with Gasteiger partial charge in [0.05, 0.1) is 12.1 Å². The van der Waals surface area contributed by atoms with Gasteiger partial charge in [0.15, 0.2) is 0 Å². The summed E-state index contributed by atoms with van der Waals surface area (Å²) >= 11 is 0. The minimum absolute atomic E-state index is 0.0251. The van der Waals surface area contributed by atoms with Crippen molar-refractivity contribution in [2.24, 2.45) is 0 Å². The Morgan fingerprint density at radius 3 is 2.38 bits per heavy atom. The molecule has 0 aliphatic carbocycles. The van der Waals surface area contributed by atoms with Crippen LogP contribution in [0.5, 0.6) is 5.75 Å². The predicted molar refractivity (Wildman–Crippen MR) is 107 cm³/mol. The van der Waals surface area contributed by atoms with Crippen LogP contribution in [0.1, 0.15) is 42.9 Å². The first-order valence-corrected chi connectivity index (χ1v) is 10.2. The Morgan fingerprint density at radius 1 is 1.03 bits per heavy atom. The molecule has 4 unspecified atom stereocenters. The second-order valence-electron chi connectivity index (χ2n) is 8.06. The highest BCUT2D eigenvalue weighted by atomic mass is 19.1. The maximum atomic E-state index is 15.0. The molecule has 0 aromatic heterocycles. The number of amides is 1. The van der Waals surface area contributed by atoms with Crippen LogP contribution in [0.2, 0.25) is 0 Å². The topological polar surface area (TPSA) is 43.8 Å². The number of piperidine rings is 1. The molecule has 0 saturated carbocycles. The summed E-state index contributed by atoms with van der Waals surface area (Å²) in [5, 5.41) is 9.44. The standard InChI is InChI=1S/C23H26F2N2O2/c1-15(16-2-6-18(24)7-3-16)27-13-11-22(23(27)29)26-12-10-20(21(25)14-26)17-4-8-19(28)9-5-17/h2-9,15,20-22,28H,10-14H2,1H3. The van der Waals surface area contributed by atoms with Crippen molar-refractivity contribution < 1.29 is 18.7 Å². The minimum Gasteiger partial charge on any atom is -0.508 e. The summed E-state index contributed by atoms with van der Waals surface area (Å²) in [5.41, 5.74) is 1.79. The molecular weight excluding hydrogens is 374 g/mol. The molecule has 2 aliphatic rings. The fourth-order valence-corrected chi connectivity index (χ4v) is 4.64. The first-order valence-electron chi connectivity index (χ1n) is 10.2. The Morgan fingerprint density at radius 2 is 1.72 bits per heavy atom. The van der Waals surface area contributed by atoms with E-state index in [1.54, 1.807) is 36.4 Å². The number of nitrogens with zero attached hydrogens (tertiary/aromatic N) is 2. The lowest BCUT2D eigenvalue weighted by atomic mass is 9.87. The Kier molecular flexibility index (Phi) is 5.54. The molecule has 6 heteroatoms. The van der Waals surface area contributed by atoms with Crippen LogP contribution in [0.4, 0.5) is 8.78 Å². The number of halogens is 2. The summed E-state index contributed by atoms with van der Waals surface area (Å²) in [5.74, 6) is -0.305. The summed E-state index contributed by atoms with van der Waals surface area (Å²) in [7, 11) is 0. The molecule has 4 rings (SSSR count). The highest BCUT2D eigenvalue weighted by molar-refractivity contribution is 5.84. The molecular formula is C23H26F2N2O2. The van der Waals surface area contributed by atoms with Crippen molar-refractivity contribution in [3.8, 4) is 5.75 Å². The first-order chi connectivity index (χ1) is 13.9. The maximum Gasteiger partial charge on any atom is 0.240 e. The van der Waals surface area contributed by atoms with Gasteiger partial charge in [0.25, 0.3) is 0 Å². The van der Waals surface area contributed by atoms with E-state index in [1.807, 2.05) is 16.7 Å². The zero-order valence-electron chi connectivity index (χ0n) is 16.5. The molecule has 2 heterocycles. The Bertz CT molecular complexity index is 856. The van der Waals surface area contributed by atoms with Gasteiger partial charge in [-0.05, 0) is 61.7 Å². The smallest absolute Gasteiger partial charge is 0.240 e. The van der Waals surface area contributed by atoms with Crippen molar-refractivity contribution in [3.05, 3.63) is 65.5 Å². The molecule has 2 aliphatic heterocycles. The molecule has 2 saturated heterocycles. The van der Waals surface area contributed by atoms with Crippen molar-refractivity contribution in [1.29, 1.82) is 0 Å². The Hall–Kier alpha value is -2.47. The van der Waals surface area contributed by atoms with Gasteiger partial charge in [-0.25, -0.2) is 8.78 Å². The van der Waals surface area contributed by atoms with Crippen LogP contribution in [-0.2, 0) is 4.79 Å². The molecule has 0 spiro atoms. The maximum absolute atomic E-state index is 15.0. The van der Waals surface area contributed by atoms with E-state index in [4.69, 9.17) is 0 Å². The molecule has 1 amide bonds. The van der Waals surface area contributed by atoms with Crippen molar-refractivity contribution in [2.75, 3.05) is 19.6 Å². The second-order valence-corrected chi connectivity index (χ2v) is 8.06. The average molecular weight is 400 g/mol. The summed E-state index contributed by atoms with van der Waals surface area (Å²) in [6, 6.07) is 12.5. The zero-order valence-corrected chi connectivity index (χ0v) is 16.5. The molecule has 29 heavy (non-hydrogen) atoms. The fraction of sp³-hybridized carbons (Fsp3) is 0.435. The minimum atomic E-state index is -1.05. The van der Waals surface area contributed by atoms with Crippen molar-refractivity contribution in [3.63, 3.8) is 0 Å². The molecule has 0 bridgehead atoms. The predicted octanol–water partition coefficient (Wildman–Crippen LogP) is 4.02. The number of hydrogen-bond donors (Lipinski definition) is 1. The monoisotopic (exact) mass is 400 g/mol. The molecule has 2 aromatic carbocycles. The van der Waals surface area contributed by atoms with E-state index in [1.165, 1.54) is 12.1 Å². The van der Waals surface area contributed by atoms with E-state index < -0.39 is 6.17 Å². The number of rotatable bonds is 4. The molecule has 2 aromatic rings. The normalized spacial score (nSPS) is 26.7. The highest BCUT2D eigenvalue weighted by Gasteiger charge is 2.42. The van der Waals surface area contributed by atoms with E-state index in [0.717, 1.165) is 11.1 Å². The van der Waals surface area contributed by atoms with Crippen LogP contribution in [0.15, 0.2) is 48.5 Å². The van der Waals surface area contributed by atoms with Crippen LogP contribution in [0, 0.1) is 5.82 Å². The third kappa shape index (κ3) is 3.99. The second kappa shape index (κ2) is 8.11. The van der Waals surface area contributed by atoms with Gasteiger partial charge in [-0.2, -0.15) is 0 Å². The van der Waals surface area contributed by atoms with E-state index >= 15 is 0 Å². The number of carbonyl (C=O) groups is 1. The Labute approximate surface area is 169 Å². The Balaban J connectivity index is 1.40. The van der Waals surface area contributed by atoms with Gasteiger partial charge in [-0.1, -0.05) is 24.3 Å². The van der Waals surface area contributed by atoms with Gasteiger partial charge in [-0.3, -0.25) is 9.69 Å². The zero-order chi connectivity index (χ0) is 20.5. The van der Waals surface area contributed by atoms with E-state index in [9.17, 15) is 18.7 Å². The SMILES string of the molecule is CC(c1ccc(F)cc1)N1CCC(N2CCC(c3ccc(O)cc3)C(F)C2)C1=O. The lowest BCUT2D eigenvalue weighted by Crippen LogP contribution is -2.49. The number of aromatic hydroxyl groups is 1. The third-order valence-electron chi connectivity index (χ3n) is 6.37. The van der Waals surface area contributed by atoms with Gasteiger partial charge >= 0.3 is 0 Å². The van der Waals surface area contributed by atoms with E-state index in [2.05, 4.69) is 0 Å². The molecule has 4 nitrogen and oxygen atoms in total.